The first-order chi connectivity index (χ1) is 8.66. The first kappa shape index (κ1) is 14.1. The second kappa shape index (κ2) is 6.76. The molecule has 0 spiro atoms. The highest BCUT2D eigenvalue weighted by Crippen LogP contribution is 2.24. The molecule has 0 aromatic heterocycles. The van der Waals surface area contributed by atoms with Crippen molar-refractivity contribution in [3.8, 4) is 0 Å². The number of benzene rings is 1. The molecule has 1 aliphatic carbocycles. The molecular weight excluding hydrogens is 269 g/mol. The number of halogens is 2. The molecule has 0 aliphatic heterocycles. The zero-order valence-electron chi connectivity index (χ0n) is 10.3. The summed E-state index contributed by atoms with van der Waals surface area (Å²) in [5.74, 6) is 0.379. The van der Waals surface area contributed by atoms with Gasteiger partial charge < -0.3 is 10.4 Å². The Bertz CT molecular complexity index is 397. The zero-order valence-corrected chi connectivity index (χ0v) is 11.8. The third-order valence-electron chi connectivity index (χ3n) is 3.61. The van der Waals surface area contributed by atoms with Crippen LogP contribution in [0.5, 0.6) is 0 Å². The summed E-state index contributed by atoms with van der Waals surface area (Å²) in [5.41, 5.74) is 1.05. The minimum atomic E-state index is -0.146. The lowest BCUT2D eigenvalue weighted by Crippen LogP contribution is -2.33. The molecule has 0 radical (unpaired) electrons. The molecular formula is C14H19Cl2NO. The van der Waals surface area contributed by atoms with Crippen molar-refractivity contribution in [3.63, 3.8) is 0 Å². The number of aliphatic hydroxyl groups is 1. The summed E-state index contributed by atoms with van der Waals surface area (Å²) >= 11 is 12.0. The topological polar surface area (TPSA) is 32.3 Å². The molecule has 0 heterocycles. The summed E-state index contributed by atoms with van der Waals surface area (Å²) in [7, 11) is 0. The van der Waals surface area contributed by atoms with Gasteiger partial charge in [-0.3, -0.25) is 0 Å². The lowest BCUT2D eigenvalue weighted by molar-refractivity contribution is 0.0695. The molecule has 0 bridgehead atoms. The predicted molar refractivity (Wildman–Crippen MR) is 76.1 cm³/mol. The third-order valence-corrected chi connectivity index (χ3v) is 4.19. The average molecular weight is 288 g/mol. The van der Waals surface area contributed by atoms with Gasteiger partial charge in [0.25, 0.3) is 0 Å². The van der Waals surface area contributed by atoms with Crippen LogP contribution in [0, 0.1) is 5.92 Å². The van der Waals surface area contributed by atoms with Crippen molar-refractivity contribution in [2.75, 3.05) is 6.54 Å². The van der Waals surface area contributed by atoms with Crippen molar-refractivity contribution in [3.05, 3.63) is 33.8 Å². The molecule has 1 aliphatic rings. The van der Waals surface area contributed by atoms with Crippen LogP contribution in [0.1, 0.15) is 31.2 Å². The smallest absolute Gasteiger partial charge is 0.0580 e. The van der Waals surface area contributed by atoms with Crippen LogP contribution in [0.4, 0.5) is 0 Å². The van der Waals surface area contributed by atoms with Gasteiger partial charge in [0, 0.05) is 23.1 Å². The molecule has 18 heavy (non-hydrogen) atoms. The van der Waals surface area contributed by atoms with Gasteiger partial charge in [-0.05, 0) is 36.5 Å². The molecule has 4 heteroatoms. The van der Waals surface area contributed by atoms with Gasteiger partial charge >= 0.3 is 0 Å². The highest BCUT2D eigenvalue weighted by atomic mass is 35.5. The van der Waals surface area contributed by atoms with Crippen molar-refractivity contribution >= 4 is 23.2 Å². The molecule has 2 atom stereocenters. The predicted octanol–water partition coefficient (Wildman–Crippen LogP) is 3.63. The van der Waals surface area contributed by atoms with Crippen molar-refractivity contribution in [1.82, 2.24) is 5.32 Å². The van der Waals surface area contributed by atoms with Gasteiger partial charge in [0.2, 0.25) is 0 Å². The van der Waals surface area contributed by atoms with Crippen molar-refractivity contribution in [2.45, 2.75) is 38.3 Å². The van der Waals surface area contributed by atoms with Crippen LogP contribution in [0.3, 0.4) is 0 Å². The van der Waals surface area contributed by atoms with E-state index in [0.29, 0.717) is 16.0 Å². The minimum absolute atomic E-state index is 0.146. The van der Waals surface area contributed by atoms with Crippen molar-refractivity contribution in [1.29, 1.82) is 0 Å². The van der Waals surface area contributed by atoms with E-state index in [9.17, 15) is 5.11 Å². The molecule has 0 amide bonds. The van der Waals surface area contributed by atoms with Crippen molar-refractivity contribution < 1.29 is 5.11 Å². The zero-order chi connectivity index (χ0) is 13.0. The summed E-state index contributed by atoms with van der Waals surface area (Å²) in [5, 5.41) is 14.6. The second-order valence-electron chi connectivity index (χ2n) is 4.98. The van der Waals surface area contributed by atoms with E-state index in [4.69, 9.17) is 23.2 Å². The van der Waals surface area contributed by atoms with Gasteiger partial charge in [0.1, 0.15) is 0 Å². The Hall–Kier alpha value is -0.280. The van der Waals surface area contributed by atoms with E-state index in [1.807, 2.05) is 12.1 Å². The molecule has 1 aromatic carbocycles. The fraction of sp³-hybridized carbons (Fsp3) is 0.571. The molecule has 1 fully saturated rings. The fourth-order valence-electron chi connectivity index (χ4n) is 2.48. The van der Waals surface area contributed by atoms with Crippen LogP contribution in [0.2, 0.25) is 10.0 Å². The van der Waals surface area contributed by atoms with Gasteiger partial charge in [-0.15, -0.1) is 0 Å². The van der Waals surface area contributed by atoms with E-state index in [-0.39, 0.29) is 6.10 Å². The van der Waals surface area contributed by atoms with Crippen LogP contribution in [0.25, 0.3) is 0 Å². The van der Waals surface area contributed by atoms with E-state index < -0.39 is 0 Å². The number of aliphatic hydroxyl groups excluding tert-OH is 1. The Morgan fingerprint density at radius 1 is 1.22 bits per heavy atom. The van der Waals surface area contributed by atoms with E-state index in [2.05, 4.69) is 5.32 Å². The summed E-state index contributed by atoms with van der Waals surface area (Å²) in [6.07, 6.45) is 4.29. The number of rotatable bonds is 4. The Morgan fingerprint density at radius 2 is 2.00 bits per heavy atom. The molecule has 2 rings (SSSR count). The van der Waals surface area contributed by atoms with Gasteiger partial charge in [-0.25, -0.2) is 0 Å². The van der Waals surface area contributed by atoms with Crippen molar-refractivity contribution in [2.24, 2.45) is 5.92 Å². The Kier molecular flexibility index (Phi) is 5.31. The highest BCUT2D eigenvalue weighted by Gasteiger charge is 2.22. The van der Waals surface area contributed by atoms with E-state index >= 15 is 0 Å². The quantitative estimate of drug-likeness (QED) is 0.886. The van der Waals surface area contributed by atoms with E-state index in [1.54, 1.807) is 6.07 Å². The van der Waals surface area contributed by atoms with E-state index in [0.717, 1.165) is 37.9 Å². The molecule has 1 saturated carbocycles. The summed E-state index contributed by atoms with van der Waals surface area (Å²) < 4.78 is 0. The number of nitrogens with one attached hydrogen (secondary N) is 1. The Labute approximate surface area is 118 Å². The maximum Gasteiger partial charge on any atom is 0.0580 e. The monoisotopic (exact) mass is 287 g/mol. The first-order valence-electron chi connectivity index (χ1n) is 6.49. The summed E-state index contributed by atoms with van der Waals surface area (Å²) in [6, 6.07) is 5.55. The third kappa shape index (κ3) is 3.86. The normalized spacial score (nSPS) is 24.2. The lowest BCUT2D eigenvalue weighted by Gasteiger charge is -2.27. The maximum absolute atomic E-state index is 9.87. The highest BCUT2D eigenvalue weighted by molar-refractivity contribution is 6.35. The van der Waals surface area contributed by atoms with Crippen LogP contribution in [0.15, 0.2) is 18.2 Å². The minimum Gasteiger partial charge on any atom is -0.393 e. The number of hydrogen-bond donors (Lipinski definition) is 2. The molecule has 2 unspecified atom stereocenters. The average Bonchev–Trinajstić information content (AvgIpc) is 2.34. The van der Waals surface area contributed by atoms with Gasteiger partial charge in [-0.1, -0.05) is 42.1 Å². The number of hydrogen-bond acceptors (Lipinski definition) is 2. The summed E-state index contributed by atoms with van der Waals surface area (Å²) in [6.45, 7) is 1.57. The molecule has 1 aromatic rings. The SMILES string of the molecule is OC1CCCCC1CNCc1ccc(Cl)cc1Cl. The molecule has 100 valence electrons. The Morgan fingerprint density at radius 3 is 2.72 bits per heavy atom. The summed E-state index contributed by atoms with van der Waals surface area (Å²) in [4.78, 5) is 0. The molecule has 2 N–H and O–H groups in total. The molecule has 0 saturated heterocycles. The van der Waals surface area contributed by atoms with E-state index in [1.165, 1.54) is 6.42 Å². The van der Waals surface area contributed by atoms with Crippen LogP contribution >= 0.6 is 23.2 Å². The molecule has 2 nitrogen and oxygen atoms in total. The van der Waals surface area contributed by atoms with Gasteiger partial charge in [-0.2, -0.15) is 0 Å². The van der Waals surface area contributed by atoms with Gasteiger partial charge in [0.05, 0.1) is 6.10 Å². The second-order valence-corrected chi connectivity index (χ2v) is 5.82. The van der Waals surface area contributed by atoms with Crippen LogP contribution < -0.4 is 5.32 Å². The van der Waals surface area contributed by atoms with Crippen LogP contribution in [-0.2, 0) is 6.54 Å². The Balaban J connectivity index is 1.81. The maximum atomic E-state index is 9.87. The first-order valence-corrected chi connectivity index (χ1v) is 7.25. The van der Waals surface area contributed by atoms with Gasteiger partial charge in [0.15, 0.2) is 0 Å². The fourth-order valence-corrected chi connectivity index (χ4v) is 2.96. The lowest BCUT2D eigenvalue weighted by atomic mass is 9.86. The standard InChI is InChI=1S/C14H19Cl2NO/c15-12-6-5-10(13(16)7-12)8-17-9-11-3-1-2-4-14(11)18/h5-7,11,14,17-18H,1-4,8-9H2. The largest absolute Gasteiger partial charge is 0.393 e. The van der Waals surface area contributed by atoms with Crippen LogP contribution in [-0.4, -0.2) is 17.8 Å².